The number of amides is 1. The van der Waals surface area contributed by atoms with Crippen LogP contribution in [0, 0.1) is 0 Å². The molecule has 4 rings (SSSR count). The number of nitrogens with zero attached hydrogens (tertiary/aromatic N) is 4. The smallest absolute Gasteiger partial charge is 0.254 e. The van der Waals surface area contributed by atoms with E-state index in [1.54, 1.807) is 34.7 Å². The maximum absolute atomic E-state index is 12.9. The lowest BCUT2D eigenvalue weighted by atomic mass is 10.1. The minimum atomic E-state index is -3.35. The maximum atomic E-state index is 12.9. The highest BCUT2D eigenvalue weighted by Gasteiger charge is 2.25. The molecule has 1 fully saturated rings. The van der Waals surface area contributed by atoms with Crippen LogP contribution in [0.2, 0.25) is 0 Å². The number of aryl methyl sites for hydroxylation is 1. The predicted molar refractivity (Wildman–Crippen MR) is 114 cm³/mol. The topological polar surface area (TPSA) is 83.5 Å². The van der Waals surface area contributed by atoms with E-state index >= 15 is 0 Å². The van der Waals surface area contributed by atoms with Crippen molar-refractivity contribution in [1.82, 2.24) is 14.9 Å². The molecule has 0 saturated carbocycles. The number of hydrogen-bond donors (Lipinski definition) is 0. The fourth-order valence-electron chi connectivity index (χ4n) is 3.48. The van der Waals surface area contributed by atoms with Gasteiger partial charge < -0.3 is 9.80 Å². The molecule has 1 aliphatic heterocycles. The highest BCUT2D eigenvalue weighted by Crippen LogP contribution is 2.31. The number of hydrogen-bond acceptors (Lipinski definition) is 7. The van der Waals surface area contributed by atoms with E-state index in [2.05, 4.69) is 27.9 Å². The Balaban J connectivity index is 1.50. The van der Waals surface area contributed by atoms with Gasteiger partial charge in [-0.1, -0.05) is 13.0 Å². The number of fused-ring (bicyclic) bond motifs is 1. The first-order valence-electron chi connectivity index (χ1n) is 9.44. The number of piperazine rings is 1. The summed E-state index contributed by atoms with van der Waals surface area (Å²) in [5.41, 5.74) is 0.399. The number of rotatable bonds is 4. The average Bonchev–Trinajstić information content (AvgIpc) is 3.16. The van der Waals surface area contributed by atoms with Crippen molar-refractivity contribution in [1.29, 1.82) is 0 Å². The van der Waals surface area contributed by atoms with Crippen LogP contribution in [0.3, 0.4) is 0 Å². The second-order valence-corrected chi connectivity index (χ2v) is 10.2. The Hall–Kier alpha value is -2.52. The SMILES string of the molecule is CCc1cc2c(N3CCN(C(=O)c4cccc(S(C)(=O)=O)c4)CC3)ncnc2s1. The molecule has 0 aliphatic carbocycles. The molecule has 7 nitrogen and oxygen atoms in total. The van der Waals surface area contributed by atoms with Crippen LogP contribution in [0.1, 0.15) is 22.2 Å². The molecule has 3 aromatic rings. The highest BCUT2D eigenvalue weighted by molar-refractivity contribution is 7.90. The second kappa shape index (κ2) is 7.72. The third kappa shape index (κ3) is 3.97. The quantitative estimate of drug-likeness (QED) is 0.633. The lowest BCUT2D eigenvalue weighted by Gasteiger charge is -2.35. The molecule has 152 valence electrons. The summed E-state index contributed by atoms with van der Waals surface area (Å²) in [7, 11) is -3.35. The molecule has 1 amide bonds. The summed E-state index contributed by atoms with van der Waals surface area (Å²) in [6, 6.07) is 8.39. The van der Waals surface area contributed by atoms with Gasteiger partial charge in [-0.15, -0.1) is 11.3 Å². The zero-order valence-electron chi connectivity index (χ0n) is 16.3. The second-order valence-electron chi connectivity index (χ2n) is 7.06. The molecule has 0 unspecified atom stereocenters. The molecule has 9 heteroatoms. The summed E-state index contributed by atoms with van der Waals surface area (Å²) < 4.78 is 23.5. The summed E-state index contributed by atoms with van der Waals surface area (Å²) >= 11 is 1.69. The minimum absolute atomic E-state index is 0.146. The predicted octanol–water partition coefficient (Wildman–Crippen LogP) is 2.62. The third-order valence-corrected chi connectivity index (χ3v) is 7.38. The van der Waals surface area contributed by atoms with Crippen molar-refractivity contribution < 1.29 is 13.2 Å². The molecule has 1 aliphatic rings. The summed E-state index contributed by atoms with van der Waals surface area (Å²) in [4.78, 5) is 28.1. The molecule has 3 heterocycles. The Kier molecular flexibility index (Phi) is 5.26. The standard InChI is InChI=1S/C20H22N4O3S2/c1-3-15-12-17-18(21-13-22-19(17)28-15)23-7-9-24(10-8-23)20(25)14-5-4-6-16(11-14)29(2,26)27/h4-6,11-13H,3,7-10H2,1-2H3. The number of aromatic nitrogens is 2. The van der Waals surface area contributed by atoms with Crippen molar-refractivity contribution in [3.8, 4) is 0 Å². The van der Waals surface area contributed by atoms with E-state index in [1.165, 1.54) is 17.0 Å². The molecular formula is C20H22N4O3S2. The molecule has 29 heavy (non-hydrogen) atoms. The Labute approximate surface area is 173 Å². The van der Waals surface area contributed by atoms with E-state index in [9.17, 15) is 13.2 Å². The van der Waals surface area contributed by atoms with E-state index in [-0.39, 0.29) is 10.8 Å². The van der Waals surface area contributed by atoms with E-state index in [0.717, 1.165) is 28.7 Å². The number of carbonyl (C=O) groups is 1. The molecule has 1 saturated heterocycles. The van der Waals surface area contributed by atoms with E-state index in [1.807, 2.05) is 0 Å². The normalized spacial score (nSPS) is 15.1. The van der Waals surface area contributed by atoms with Gasteiger partial charge in [0.25, 0.3) is 5.91 Å². The van der Waals surface area contributed by atoms with Crippen LogP contribution in [0.25, 0.3) is 10.2 Å². The number of benzene rings is 1. The zero-order chi connectivity index (χ0) is 20.6. The Bertz CT molecular complexity index is 1170. The molecular weight excluding hydrogens is 408 g/mol. The summed E-state index contributed by atoms with van der Waals surface area (Å²) in [6.45, 7) is 4.57. The van der Waals surface area contributed by atoms with Gasteiger partial charge in [-0.2, -0.15) is 0 Å². The maximum Gasteiger partial charge on any atom is 0.254 e. The lowest BCUT2D eigenvalue weighted by Crippen LogP contribution is -2.49. The van der Waals surface area contributed by atoms with Crippen LogP contribution in [0.4, 0.5) is 5.82 Å². The lowest BCUT2D eigenvalue weighted by molar-refractivity contribution is 0.0746. The highest BCUT2D eigenvalue weighted by atomic mass is 32.2. The molecule has 0 radical (unpaired) electrons. The van der Waals surface area contributed by atoms with Gasteiger partial charge in [0.05, 0.1) is 10.3 Å². The van der Waals surface area contributed by atoms with Crippen molar-refractivity contribution in [3.05, 3.63) is 47.1 Å². The largest absolute Gasteiger partial charge is 0.352 e. The first-order valence-corrected chi connectivity index (χ1v) is 12.2. The fraction of sp³-hybridized carbons (Fsp3) is 0.350. The van der Waals surface area contributed by atoms with Crippen molar-refractivity contribution in [2.75, 3.05) is 37.3 Å². The summed E-state index contributed by atoms with van der Waals surface area (Å²) in [5.74, 6) is 0.768. The number of thiophene rings is 1. The van der Waals surface area contributed by atoms with Gasteiger partial charge in [0, 0.05) is 42.9 Å². The van der Waals surface area contributed by atoms with Gasteiger partial charge in [-0.25, -0.2) is 18.4 Å². The third-order valence-electron chi connectivity index (χ3n) is 5.08. The molecule has 1 aromatic carbocycles. The average molecular weight is 431 g/mol. The van der Waals surface area contributed by atoms with E-state index in [0.29, 0.717) is 31.7 Å². The van der Waals surface area contributed by atoms with Gasteiger partial charge in [0.1, 0.15) is 17.0 Å². The van der Waals surface area contributed by atoms with Gasteiger partial charge >= 0.3 is 0 Å². The number of sulfone groups is 1. The molecule has 0 atom stereocenters. The van der Waals surface area contributed by atoms with Crippen LogP contribution >= 0.6 is 11.3 Å². The number of anilines is 1. The van der Waals surface area contributed by atoms with Crippen LogP contribution in [-0.2, 0) is 16.3 Å². The Morgan fingerprint density at radius 1 is 1.14 bits per heavy atom. The van der Waals surface area contributed by atoms with Crippen molar-refractivity contribution >= 4 is 43.1 Å². The number of carbonyl (C=O) groups excluding carboxylic acids is 1. The fourth-order valence-corrected chi connectivity index (χ4v) is 5.08. The van der Waals surface area contributed by atoms with Crippen LogP contribution in [0.5, 0.6) is 0 Å². The van der Waals surface area contributed by atoms with Crippen LogP contribution in [0.15, 0.2) is 41.6 Å². The van der Waals surface area contributed by atoms with Crippen molar-refractivity contribution in [3.63, 3.8) is 0 Å². The van der Waals surface area contributed by atoms with E-state index < -0.39 is 9.84 Å². The van der Waals surface area contributed by atoms with Crippen LogP contribution in [-0.4, -0.2) is 61.6 Å². The van der Waals surface area contributed by atoms with E-state index in [4.69, 9.17) is 0 Å². The molecule has 2 aromatic heterocycles. The molecule has 0 bridgehead atoms. The molecule has 0 N–H and O–H groups in total. The van der Waals surface area contributed by atoms with Gasteiger partial charge in [-0.05, 0) is 30.7 Å². The van der Waals surface area contributed by atoms with Gasteiger partial charge in [0.15, 0.2) is 9.84 Å². The summed E-state index contributed by atoms with van der Waals surface area (Å²) in [6.07, 6.45) is 3.71. The first kappa shape index (κ1) is 19.8. The Morgan fingerprint density at radius 3 is 2.59 bits per heavy atom. The van der Waals surface area contributed by atoms with Crippen molar-refractivity contribution in [2.24, 2.45) is 0 Å². The Morgan fingerprint density at radius 2 is 1.90 bits per heavy atom. The monoisotopic (exact) mass is 430 g/mol. The minimum Gasteiger partial charge on any atom is -0.352 e. The first-order chi connectivity index (χ1) is 13.9. The van der Waals surface area contributed by atoms with Gasteiger partial charge in [0.2, 0.25) is 0 Å². The van der Waals surface area contributed by atoms with Gasteiger partial charge in [-0.3, -0.25) is 4.79 Å². The summed E-state index contributed by atoms with van der Waals surface area (Å²) in [5, 5.41) is 1.06. The van der Waals surface area contributed by atoms with Crippen LogP contribution < -0.4 is 4.90 Å². The zero-order valence-corrected chi connectivity index (χ0v) is 18.0. The van der Waals surface area contributed by atoms with Crippen molar-refractivity contribution in [2.45, 2.75) is 18.2 Å². The molecule has 0 spiro atoms.